The Labute approximate surface area is 120 Å². The lowest BCUT2D eigenvalue weighted by atomic mass is 9.83. The molecule has 2 aliphatic rings. The minimum absolute atomic E-state index is 0.655. The van der Waals surface area contributed by atoms with Gasteiger partial charge in [0, 0.05) is 30.0 Å². The fourth-order valence-electron chi connectivity index (χ4n) is 3.86. The van der Waals surface area contributed by atoms with E-state index in [0.717, 1.165) is 6.54 Å². The predicted octanol–water partition coefficient (Wildman–Crippen LogP) is 4.10. The monoisotopic (exact) mass is 264 g/mol. The van der Waals surface area contributed by atoms with Crippen molar-refractivity contribution in [2.45, 2.75) is 37.5 Å². The number of aromatic nitrogens is 1. The van der Waals surface area contributed by atoms with Crippen LogP contribution >= 0.6 is 0 Å². The van der Waals surface area contributed by atoms with Crippen LogP contribution in [0.3, 0.4) is 0 Å². The molecule has 4 rings (SSSR count). The van der Waals surface area contributed by atoms with E-state index in [2.05, 4.69) is 46.7 Å². The lowest BCUT2D eigenvalue weighted by Gasteiger charge is -2.28. The molecule has 0 spiro atoms. The van der Waals surface area contributed by atoms with E-state index < -0.39 is 0 Å². The maximum Gasteiger partial charge on any atom is 0.0466 e. The van der Waals surface area contributed by atoms with Gasteiger partial charge in [-0.2, -0.15) is 0 Å². The van der Waals surface area contributed by atoms with Crippen molar-refractivity contribution in [3.8, 4) is 0 Å². The third kappa shape index (κ3) is 2.00. The molecule has 1 N–H and O–H groups in total. The Morgan fingerprint density at radius 3 is 3.00 bits per heavy atom. The summed E-state index contributed by atoms with van der Waals surface area (Å²) in [4.78, 5) is 4.65. The predicted molar refractivity (Wildman–Crippen MR) is 82.2 cm³/mol. The van der Waals surface area contributed by atoms with Crippen LogP contribution in [0.4, 0.5) is 5.69 Å². The Kier molecular flexibility index (Phi) is 2.95. The summed E-state index contributed by atoms with van der Waals surface area (Å²) in [5.74, 6) is 1.34. The van der Waals surface area contributed by atoms with Gasteiger partial charge in [-0.1, -0.05) is 24.3 Å². The first-order valence-electron chi connectivity index (χ1n) is 7.68. The molecule has 2 atom stereocenters. The molecule has 0 saturated heterocycles. The van der Waals surface area contributed by atoms with Crippen LogP contribution in [-0.2, 0) is 6.42 Å². The number of benzene rings is 1. The van der Waals surface area contributed by atoms with Crippen LogP contribution in [0.1, 0.15) is 47.9 Å². The molecule has 2 nitrogen and oxygen atoms in total. The zero-order valence-corrected chi connectivity index (χ0v) is 11.7. The summed E-state index contributed by atoms with van der Waals surface area (Å²) in [6, 6.07) is 13.1. The van der Waals surface area contributed by atoms with E-state index >= 15 is 0 Å². The Hall–Kier alpha value is -1.83. The summed E-state index contributed by atoms with van der Waals surface area (Å²) >= 11 is 0. The molecule has 2 heteroatoms. The number of pyridine rings is 1. The van der Waals surface area contributed by atoms with Crippen molar-refractivity contribution >= 4 is 5.69 Å². The molecule has 1 aromatic heterocycles. The second kappa shape index (κ2) is 4.93. The highest BCUT2D eigenvalue weighted by Gasteiger charge is 2.29. The number of rotatable bonds is 2. The SMILES string of the molecule is c1cnc2c(c1)CCC2CC1CCNc2ccccc21. The van der Waals surface area contributed by atoms with Crippen molar-refractivity contribution in [3.05, 3.63) is 59.4 Å². The Balaban J connectivity index is 1.59. The standard InChI is InChI=1S/C18H20N2/c1-2-6-17-16(5-1)14(9-11-19-17)12-15-8-7-13-4-3-10-20-18(13)15/h1-6,10,14-15,19H,7-9,11-12H2. The van der Waals surface area contributed by atoms with Gasteiger partial charge >= 0.3 is 0 Å². The van der Waals surface area contributed by atoms with Crippen molar-refractivity contribution in [1.29, 1.82) is 0 Å². The van der Waals surface area contributed by atoms with E-state index in [1.807, 2.05) is 6.20 Å². The highest BCUT2D eigenvalue weighted by molar-refractivity contribution is 5.54. The minimum Gasteiger partial charge on any atom is -0.385 e. The van der Waals surface area contributed by atoms with Crippen LogP contribution in [-0.4, -0.2) is 11.5 Å². The molecule has 2 unspecified atom stereocenters. The minimum atomic E-state index is 0.655. The fraction of sp³-hybridized carbons (Fsp3) is 0.389. The van der Waals surface area contributed by atoms with Crippen molar-refractivity contribution in [1.82, 2.24) is 4.98 Å². The number of para-hydroxylation sites is 1. The highest BCUT2D eigenvalue weighted by Crippen LogP contribution is 2.42. The first-order chi connectivity index (χ1) is 9.92. The summed E-state index contributed by atoms with van der Waals surface area (Å²) in [6.45, 7) is 1.10. The molecular weight excluding hydrogens is 244 g/mol. The first kappa shape index (κ1) is 12.0. The summed E-state index contributed by atoms with van der Waals surface area (Å²) in [7, 11) is 0. The van der Waals surface area contributed by atoms with Crippen LogP contribution < -0.4 is 5.32 Å². The lowest BCUT2D eigenvalue weighted by Crippen LogP contribution is -2.18. The molecular formula is C18H20N2. The van der Waals surface area contributed by atoms with Gasteiger partial charge in [0.1, 0.15) is 0 Å². The zero-order valence-electron chi connectivity index (χ0n) is 11.7. The summed E-state index contributed by atoms with van der Waals surface area (Å²) in [6.07, 6.45) is 6.94. The maximum atomic E-state index is 4.65. The van der Waals surface area contributed by atoms with Crippen molar-refractivity contribution in [2.75, 3.05) is 11.9 Å². The van der Waals surface area contributed by atoms with E-state index in [-0.39, 0.29) is 0 Å². The average molecular weight is 264 g/mol. The average Bonchev–Trinajstić information content (AvgIpc) is 2.91. The molecule has 0 radical (unpaired) electrons. The molecule has 0 saturated carbocycles. The number of anilines is 1. The topological polar surface area (TPSA) is 24.9 Å². The van der Waals surface area contributed by atoms with E-state index in [1.165, 1.54) is 48.2 Å². The highest BCUT2D eigenvalue weighted by atomic mass is 14.9. The van der Waals surface area contributed by atoms with Crippen LogP contribution in [0.15, 0.2) is 42.6 Å². The third-order valence-electron chi connectivity index (χ3n) is 4.85. The van der Waals surface area contributed by atoms with Gasteiger partial charge in [0.25, 0.3) is 0 Å². The largest absolute Gasteiger partial charge is 0.385 e. The molecule has 20 heavy (non-hydrogen) atoms. The second-order valence-electron chi connectivity index (χ2n) is 6.02. The van der Waals surface area contributed by atoms with Gasteiger partial charge in [0.15, 0.2) is 0 Å². The van der Waals surface area contributed by atoms with Crippen molar-refractivity contribution in [3.63, 3.8) is 0 Å². The van der Waals surface area contributed by atoms with Crippen LogP contribution in [0, 0.1) is 0 Å². The lowest BCUT2D eigenvalue weighted by molar-refractivity contribution is 0.497. The zero-order chi connectivity index (χ0) is 13.4. The van der Waals surface area contributed by atoms with Gasteiger partial charge in [-0.3, -0.25) is 4.98 Å². The number of hydrogen-bond acceptors (Lipinski definition) is 2. The number of fused-ring (bicyclic) bond motifs is 2. The normalized spacial score (nSPS) is 23.8. The Bertz CT molecular complexity index is 620. The number of hydrogen-bond donors (Lipinski definition) is 1. The first-order valence-corrected chi connectivity index (χ1v) is 7.68. The van der Waals surface area contributed by atoms with Crippen molar-refractivity contribution in [2.24, 2.45) is 0 Å². The van der Waals surface area contributed by atoms with E-state index in [0.29, 0.717) is 11.8 Å². The molecule has 2 heterocycles. The van der Waals surface area contributed by atoms with Gasteiger partial charge in [-0.05, 0) is 54.9 Å². The van der Waals surface area contributed by atoms with E-state index in [9.17, 15) is 0 Å². The van der Waals surface area contributed by atoms with Gasteiger partial charge in [0.2, 0.25) is 0 Å². The van der Waals surface area contributed by atoms with Gasteiger partial charge in [0.05, 0.1) is 0 Å². The van der Waals surface area contributed by atoms with Crippen LogP contribution in [0.2, 0.25) is 0 Å². The number of nitrogens with one attached hydrogen (secondary N) is 1. The van der Waals surface area contributed by atoms with Crippen molar-refractivity contribution < 1.29 is 0 Å². The van der Waals surface area contributed by atoms with Gasteiger partial charge in [-0.25, -0.2) is 0 Å². The molecule has 102 valence electrons. The van der Waals surface area contributed by atoms with Crippen LogP contribution in [0.25, 0.3) is 0 Å². The molecule has 1 aliphatic heterocycles. The third-order valence-corrected chi connectivity index (χ3v) is 4.85. The Morgan fingerprint density at radius 1 is 1.05 bits per heavy atom. The molecule has 1 aliphatic carbocycles. The fourth-order valence-corrected chi connectivity index (χ4v) is 3.86. The number of nitrogens with zero attached hydrogens (tertiary/aromatic N) is 1. The molecule has 0 bridgehead atoms. The number of aryl methyl sites for hydroxylation is 1. The van der Waals surface area contributed by atoms with E-state index in [1.54, 1.807) is 0 Å². The maximum absolute atomic E-state index is 4.65. The van der Waals surface area contributed by atoms with Crippen LogP contribution in [0.5, 0.6) is 0 Å². The Morgan fingerprint density at radius 2 is 2.00 bits per heavy atom. The van der Waals surface area contributed by atoms with Gasteiger partial charge in [-0.15, -0.1) is 0 Å². The second-order valence-corrected chi connectivity index (χ2v) is 6.02. The summed E-state index contributed by atoms with van der Waals surface area (Å²) < 4.78 is 0. The summed E-state index contributed by atoms with van der Waals surface area (Å²) in [5, 5.41) is 3.52. The molecule has 2 aromatic rings. The quantitative estimate of drug-likeness (QED) is 0.883. The molecule has 1 aromatic carbocycles. The molecule has 0 fully saturated rings. The van der Waals surface area contributed by atoms with E-state index in [4.69, 9.17) is 0 Å². The van der Waals surface area contributed by atoms with Gasteiger partial charge < -0.3 is 5.32 Å². The molecule has 0 amide bonds. The summed E-state index contributed by atoms with van der Waals surface area (Å²) in [5.41, 5.74) is 5.68. The smallest absolute Gasteiger partial charge is 0.0466 e.